The van der Waals surface area contributed by atoms with Crippen molar-refractivity contribution < 1.29 is 4.74 Å². The van der Waals surface area contributed by atoms with Crippen LogP contribution in [0.15, 0.2) is 77.9 Å². The molecular formula is C28H29N3O2. The Kier molecular flexibility index (Phi) is 6.22. The Labute approximate surface area is 194 Å². The first kappa shape index (κ1) is 21.4. The predicted octanol–water partition coefficient (Wildman–Crippen LogP) is 4.91. The van der Waals surface area contributed by atoms with E-state index in [2.05, 4.69) is 34.1 Å². The standard InChI is InChI=1S/C28H29N3O2/c1-33-25-6-4-5-23(17-25)24-11-12-26-27(18-24)29-20-31(28(26)32)16-13-21-7-9-22(10-8-21)19-30-14-2-3-15-30/h4-12,17-18,20H,2-3,13-16,19H2,1H3. The van der Waals surface area contributed by atoms with Gasteiger partial charge in [0.2, 0.25) is 0 Å². The molecule has 0 amide bonds. The third-order valence-electron chi connectivity index (χ3n) is 6.50. The summed E-state index contributed by atoms with van der Waals surface area (Å²) in [6.45, 7) is 4.07. The van der Waals surface area contributed by atoms with Crippen LogP contribution in [0.25, 0.3) is 22.0 Å². The Balaban J connectivity index is 1.29. The van der Waals surface area contributed by atoms with E-state index < -0.39 is 0 Å². The van der Waals surface area contributed by atoms with Crippen LogP contribution in [0.2, 0.25) is 0 Å². The van der Waals surface area contributed by atoms with Gasteiger partial charge in [0, 0.05) is 13.1 Å². The van der Waals surface area contributed by atoms with E-state index in [4.69, 9.17) is 4.74 Å². The molecule has 0 bridgehead atoms. The van der Waals surface area contributed by atoms with Crippen LogP contribution in [-0.4, -0.2) is 34.7 Å². The summed E-state index contributed by atoms with van der Waals surface area (Å²) < 4.78 is 7.04. The van der Waals surface area contributed by atoms with E-state index in [1.54, 1.807) is 18.0 Å². The predicted molar refractivity (Wildman–Crippen MR) is 133 cm³/mol. The van der Waals surface area contributed by atoms with Crippen LogP contribution in [0.3, 0.4) is 0 Å². The summed E-state index contributed by atoms with van der Waals surface area (Å²) in [5, 5.41) is 0.644. The fraction of sp³-hybridized carbons (Fsp3) is 0.286. The summed E-state index contributed by atoms with van der Waals surface area (Å²) in [6, 6.07) is 22.5. The third kappa shape index (κ3) is 4.83. The van der Waals surface area contributed by atoms with Crippen LogP contribution in [0.5, 0.6) is 5.75 Å². The number of methoxy groups -OCH3 is 1. The lowest BCUT2D eigenvalue weighted by Crippen LogP contribution is -2.21. The topological polar surface area (TPSA) is 47.4 Å². The molecule has 5 nitrogen and oxygen atoms in total. The maximum absolute atomic E-state index is 13.0. The Morgan fingerprint density at radius 1 is 0.909 bits per heavy atom. The van der Waals surface area contributed by atoms with Gasteiger partial charge in [0.1, 0.15) is 5.75 Å². The fourth-order valence-electron chi connectivity index (χ4n) is 4.56. The van der Waals surface area contributed by atoms with Gasteiger partial charge in [0.15, 0.2) is 0 Å². The van der Waals surface area contributed by atoms with Crippen LogP contribution in [0.1, 0.15) is 24.0 Å². The first-order valence-electron chi connectivity index (χ1n) is 11.6. The van der Waals surface area contributed by atoms with Crippen LogP contribution in [-0.2, 0) is 19.5 Å². The molecule has 0 spiro atoms. The number of hydrogen-bond donors (Lipinski definition) is 0. The molecule has 3 aromatic carbocycles. The summed E-state index contributed by atoms with van der Waals surface area (Å²) in [7, 11) is 1.66. The van der Waals surface area contributed by atoms with Gasteiger partial charge in [-0.1, -0.05) is 42.5 Å². The number of aromatic nitrogens is 2. The first-order chi connectivity index (χ1) is 16.2. The van der Waals surface area contributed by atoms with Crippen molar-refractivity contribution in [3.63, 3.8) is 0 Å². The summed E-state index contributed by atoms with van der Waals surface area (Å²) in [5.74, 6) is 0.806. The molecule has 0 N–H and O–H groups in total. The van der Waals surface area contributed by atoms with Crippen LogP contribution < -0.4 is 10.3 Å². The van der Waals surface area contributed by atoms with E-state index in [0.717, 1.165) is 29.8 Å². The number of fused-ring (bicyclic) bond motifs is 1. The average molecular weight is 440 g/mol. The zero-order valence-electron chi connectivity index (χ0n) is 19.0. The molecule has 2 heterocycles. The van der Waals surface area contributed by atoms with Crippen LogP contribution in [0, 0.1) is 0 Å². The van der Waals surface area contributed by atoms with E-state index in [0.29, 0.717) is 17.4 Å². The van der Waals surface area contributed by atoms with Crippen molar-refractivity contribution in [3.05, 3.63) is 94.5 Å². The summed E-state index contributed by atoms with van der Waals surface area (Å²) in [4.78, 5) is 20.1. The molecule has 1 fully saturated rings. The van der Waals surface area contributed by atoms with Gasteiger partial charge >= 0.3 is 0 Å². The van der Waals surface area contributed by atoms with Gasteiger partial charge in [-0.15, -0.1) is 0 Å². The van der Waals surface area contributed by atoms with Crippen molar-refractivity contribution in [1.29, 1.82) is 0 Å². The highest BCUT2D eigenvalue weighted by atomic mass is 16.5. The van der Waals surface area contributed by atoms with Gasteiger partial charge in [0.05, 0.1) is 24.3 Å². The normalized spacial score (nSPS) is 14.1. The molecule has 1 aliphatic heterocycles. The smallest absolute Gasteiger partial charge is 0.261 e. The Bertz CT molecular complexity index is 1310. The van der Waals surface area contributed by atoms with Crippen molar-refractivity contribution in [1.82, 2.24) is 14.5 Å². The van der Waals surface area contributed by atoms with Crippen LogP contribution in [0.4, 0.5) is 0 Å². The second-order valence-corrected chi connectivity index (χ2v) is 8.76. The molecular weight excluding hydrogens is 410 g/mol. The van der Waals surface area contributed by atoms with Crippen molar-refractivity contribution in [3.8, 4) is 16.9 Å². The second-order valence-electron chi connectivity index (χ2n) is 8.76. The number of rotatable bonds is 7. The molecule has 4 aromatic rings. The molecule has 0 saturated carbocycles. The van der Waals surface area contributed by atoms with Crippen molar-refractivity contribution in [2.24, 2.45) is 0 Å². The molecule has 1 aromatic heterocycles. The van der Waals surface area contributed by atoms with E-state index in [-0.39, 0.29) is 5.56 Å². The van der Waals surface area contributed by atoms with Gasteiger partial charge in [-0.3, -0.25) is 14.3 Å². The SMILES string of the molecule is COc1cccc(-c2ccc3c(=O)n(CCc4ccc(CN5CCCC5)cc4)cnc3c2)c1. The minimum Gasteiger partial charge on any atom is -0.497 e. The average Bonchev–Trinajstić information content (AvgIpc) is 3.37. The number of hydrogen-bond acceptors (Lipinski definition) is 4. The van der Waals surface area contributed by atoms with E-state index >= 15 is 0 Å². The number of nitrogens with zero attached hydrogens (tertiary/aromatic N) is 3. The Morgan fingerprint density at radius 2 is 1.67 bits per heavy atom. The molecule has 0 aliphatic carbocycles. The van der Waals surface area contributed by atoms with Crippen molar-refractivity contribution >= 4 is 10.9 Å². The third-order valence-corrected chi connectivity index (χ3v) is 6.50. The largest absolute Gasteiger partial charge is 0.497 e. The lowest BCUT2D eigenvalue weighted by atomic mass is 10.0. The zero-order chi connectivity index (χ0) is 22.6. The quantitative estimate of drug-likeness (QED) is 0.411. The Morgan fingerprint density at radius 3 is 2.45 bits per heavy atom. The number of aryl methyl sites for hydroxylation is 2. The lowest BCUT2D eigenvalue weighted by Gasteiger charge is -2.14. The minimum absolute atomic E-state index is 0.00263. The fourth-order valence-corrected chi connectivity index (χ4v) is 4.56. The van der Waals surface area contributed by atoms with Gasteiger partial charge < -0.3 is 4.74 Å². The Hall–Kier alpha value is -3.44. The van der Waals surface area contributed by atoms with Gasteiger partial charge in [-0.25, -0.2) is 4.98 Å². The molecule has 0 unspecified atom stereocenters. The molecule has 1 saturated heterocycles. The van der Waals surface area contributed by atoms with E-state index in [9.17, 15) is 4.79 Å². The second kappa shape index (κ2) is 9.59. The highest BCUT2D eigenvalue weighted by Crippen LogP contribution is 2.25. The number of benzene rings is 3. The van der Waals surface area contributed by atoms with Crippen molar-refractivity contribution in [2.75, 3.05) is 20.2 Å². The summed E-state index contributed by atoms with van der Waals surface area (Å²) >= 11 is 0. The summed E-state index contributed by atoms with van der Waals surface area (Å²) in [5.41, 5.74) is 5.36. The molecule has 5 rings (SSSR count). The lowest BCUT2D eigenvalue weighted by molar-refractivity contribution is 0.331. The molecule has 0 radical (unpaired) electrons. The first-order valence-corrected chi connectivity index (χ1v) is 11.6. The van der Waals surface area contributed by atoms with Crippen molar-refractivity contribution in [2.45, 2.75) is 32.4 Å². The molecule has 33 heavy (non-hydrogen) atoms. The zero-order valence-corrected chi connectivity index (χ0v) is 19.0. The number of ether oxygens (including phenoxy) is 1. The van der Waals surface area contributed by atoms with E-state index in [1.165, 1.54) is 37.1 Å². The number of likely N-dealkylation sites (tertiary alicyclic amines) is 1. The van der Waals surface area contributed by atoms with Gasteiger partial charge in [-0.2, -0.15) is 0 Å². The monoisotopic (exact) mass is 439 g/mol. The molecule has 5 heteroatoms. The molecule has 168 valence electrons. The molecule has 0 atom stereocenters. The highest BCUT2D eigenvalue weighted by Gasteiger charge is 2.12. The highest BCUT2D eigenvalue weighted by molar-refractivity contribution is 5.83. The van der Waals surface area contributed by atoms with E-state index in [1.807, 2.05) is 42.5 Å². The maximum atomic E-state index is 13.0. The van der Waals surface area contributed by atoms with Gasteiger partial charge in [0.25, 0.3) is 5.56 Å². The van der Waals surface area contributed by atoms with Gasteiger partial charge in [-0.05, 0) is 78.9 Å². The van der Waals surface area contributed by atoms with Crippen LogP contribution >= 0.6 is 0 Å². The molecule has 1 aliphatic rings. The summed E-state index contributed by atoms with van der Waals surface area (Å²) in [6.07, 6.45) is 5.10. The maximum Gasteiger partial charge on any atom is 0.261 e. The minimum atomic E-state index is 0.00263.